The first-order valence-corrected chi connectivity index (χ1v) is 10.4. The van der Waals surface area contributed by atoms with Crippen molar-refractivity contribution in [3.8, 4) is 11.5 Å². The number of nitrogens with one attached hydrogen (secondary N) is 1. The summed E-state index contributed by atoms with van der Waals surface area (Å²) >= 11 is 6.10. The highest BCUT2D eigenvalue weighted by Gasteiger charge is 2.27. The SMILES string of the molecule is CN(C[C@H]1COc2ccccc2O1)C(=O)C[NH+]1CCN(c2cccc(Cl)c2)CC1. The number of anilines is 1. The molecule has 0 bridgehead atoms. The van der Waals surface area contributed by atoms with Crippen molar-refractivity contribution in [2.45, 2.75) is 6.10 Å². The van der Waals surface area contributed by atoms with E-state index in [0.717, 1.165) is 48.4 Å². The van der Waals surface area contributed by atoms with E-state index in [1.807, 2.05) is 49.5 Å². The van der Waals surface area contributed by atoms with Gasteiger partial charge in [-0.05, 0) is 30.3 Å². The van der Waals surface area contributed by atoms with Crippen molar-refractivity contribution in [2.24, 2.45) is 0 Å². The number of likely N-dealkylation sites (N-methyl/N-ethyl adjacent to an activating group) is 1. The summed E-state index contributed by atoms with van der Waals surface area (Å²) in [6.45, 7) is 5.19. The molecule has 2 aromatic carbocycles. The van der Waals surface area contributed by atoms with Crippen molar-refractivity contribution in [3.63, 3.8) is 0 Å². The van der Waals surface area contributed by atoms with E-state index < -0.39 is 0 Å². The predicted molar refractivity (Wildman–Crippen MR) is 113 cm³/mol. The molecule has 2 aromatic rings. The second-order valence-electron chi connectivity index (χ2n) is 7.67. The molecule has 0 saturated carbocycles. The lowest BCUT2D eigenvalue weighted by Crippen LogP contribution is -3.15. The van der Waals surface area contributed by atoms with E-state index in [1.165, 1.54) is 4.90 Å². The smallest absolute Gasteiger partial charge is 0.277 e. The molecule has 1 fully saturated rings. The lowest BCUT2D eigenvalue weighted by molar-refractivity contribution is -0.892. The molecule has 29 heavy (non-hydrogen) atoms. The number of piperazine rings is 1. The number of carbonyl (C=O) groups is 1. The average molecular weight is 417 g/mol. The number of halogens is 1. The first kappa shape index (κ1) is 19.9. The molecule has 0 aliphatic carbocycles. The van der Waals surface area contributed by atoms with Crippen molar-refractivity contribution in [3.05, 3.63) is 53.6 Å². The summed E-state index contributed by atoms with van der Waals surface area (Å²) in [6.07, 6.45) is -0.145. The Bertz CT molecular complexity index is 855. The van der Waals surface area contributed by atoms with E-state index in [-0.39, 0.29) is 12.0 Å². The van der Waals surface area contributed by atoms with Crippen molar-refractivity contribution in [2.75, 3.05) is 57.8 Å². The van der Waals surface area contributed by atoms with Crippen LogP contribution in [-0.4, -0.2) is 69.8 Å². The second-order valence-corrected chi connectivity index (χ2v) is 8.10. The predicted octanol–water partition coefficient (Wildman–Crippen LogP) is 1.34. The highest BCUT2D eigenvalue weighted by atomic mass is 35.5. The number of para-hydroxylation sites is 2. The van der Waals surface area contributed by atoms with Gasteiger partial charge in [-0.3, -0.25) is 4.79 Å². The molecule has 2 aliphatic rings. The Balaban J connectivity index is 1.24. The van der Waals surface area contributed by atoms with Crippen molar-refractivity contribution < 1.29 is 19.2 Å². The van der Waals surface area contributed by atoms with Crippen LogP contribution in [0.3, 0.4) is 0 Å². The topological polar surface area (TPSA) is 46.5 Å². The number of benzene rings is 2. The molecular weight excluding hydrogens is 390 g/mol. The summed E-state index contributed by atoms with van der Waals surface area (Å²) in [5.74, 6) is 1.64. The minimum atomic E-state index is -0.145. The highest BCUT2D eigenvalue weighted by Crippen LogP contribution is 2.30. The maximum Gasteiger partial charge on any atom is 0.277 e. The minimum absolute atomic E-state index is 0.138. The summed E-state index contributed by atoms with van der Waals surface area (Å²) < 4.78 is 11.7. The fourth-order valence-corrected chi connectivity index (χ4v) is 4.02. The molecule has 1 amide bonds. The first-order chi connectivity index (χ1) is 14.1. The molecule has 2 aliphatic heterocycles. The largest absolute Gasteiger partial charge is 0.486 e. The van der Waals surface area contributed by atoms with Crippen molar-refractivity contribution in [1.29, 1.82) is 0 Å². The third-order valence-electron chi connectivity index (χ3n) is 5.52. The van der Waals surface area contributed by atoms with Gasteiger partial charge < -0.3 is 24.2 Å². The molecule has 0 radical (unpaired) electrons. The highest BCUT2D eigenvalue weighted by molar-refractivity contribution is 6.30. The van der Waals surface area contributed by atoms with Gasteiger partial charge >= 0.3 is 0 Å². The van der Waals surface area contributed by atoms with E-state index >= 15 is 0 Å². The molecule has 0 spiro atoms. The van der Waals surface area contributed by atoms with Gasteiger partial charge in [-0.2, -0.15) is 0 Å². The Morgan fingerprint density at radius 3 is 2.69 bits per heavy atom. The van der Waals surface area contributed by atoms with E-state index in [0.29, 0.717) is 19.7 Å². The normalized spacial score (nSPS) is 19.1. The monoisotopic (exact) mass is 416 g/mol. The molecule has 154 valence electrons. The zero-order chi connectivity index (χ0) is 20.2. The van der Waals surface area contributed by atoms with Gasteiger partial charge in [0.1, 0.15) is 6.61 Å². The average Bonchev–Trinajstić information content (AvgIpc) is 2.74. The molecule has 1 saturated heterocycles. The van der Waals surface area contributed by atoms with Crippen molar-refractivity contribution in [1.82, 2.24) is 4.90 Å². The number of nitrogens with zero attached hydrogens (tertiary/aromatic N) is 2. The van der Waals surface area contributed by atoms with Gasteiger partial charge in [0.25, 0.3) is 5.91 Å². The van der Waals surface area contributed by atoms with E-state index in [4.69, 9.17) is 21.1 Å². The Kier molecular flexibility index (Phi) is 6.11. The molecule has 0 unspecified atom stereocenters. The third kappa shape index (κ3) is 4.95. The van der Waals surface area contributed by atoms with Crippen LogP contribution < -0.4 is 19.3 Å². The second kappa shape index (κ2) is 8.93. The van der Waals surface area contributed by atoms with Crippen LogP contribution >= 0.6 is 11.6 Å². The lowest BCUT2D eigenvalue weighted by atomic mass is 10.2. The standard InChI is InChI=1S/C22H26ClN3O3/c1-24(14-19-16-28-20-7-2-3-8-21(20)29-19)22(27)15-25-9-11-26(12-10-25)18-6-4-5-17(23)13-18/h2-8,13,19H,9-12,14-16H2,1H3/p+1/t19-/m0/s1. The van der Waals surface area contributed by atoms with Crippen LogP contribution in [0, 0.1) is 0 Å². The van der Waals surface area contributed by atoms with E-state index in [2.05, 4.69) is 11.0 Å². The fourth-order valence-electron chi connectivity index (χ4n) is 3.84. The van der Waals surface area contributed by atoms with Gasteiger partial charge in [-0.15, -0.1) is 0 Å². The number of hydrogen-bond donors (Lipinski definition) is 1. The number of amides is 1. The zero-order valence-electron chi connectivity index (χ0n) is 16.6. The summed E-state index contributed by atoms with van der Waals surface area (Å²) in [4.78, 5) is 18.1. The Morgan fingerprint density at radius 1 is 1.17 bits per heavy atom. The fraction of sp³-hybridized carbons (Fsp3) is 0.409. The number of hydrogen-bond acceptors (Lipinski definition) is 4. The molecule has 6 nitrogen and oxygen atoms in total. The molecule has 4 rings (SSSR count). The van der Waals surface area contributed by atoms with Gasteiger partial charge in [0, 0.05) is 17.8 Å². The number of carbonyl (C=O) groups excluding carboxylic acids is 1. The molecule has 1 N–H and O–H groups in total. The van der Waals surface area contributed by atoms with Crippen LogP contribution in [0.15, 0.2) is 48.5 Å². The Hall–Kier alpha value is -2.44. The van der Waals surface area contributed by atoms with Gasteiger partial charge in [-0.25, -0.2) is 0 Å². The molecule has 2 heterocycles. The number of ether oxygens (including phenoxy) is 2. The first-order valence-electron chi connectivity index (χ1n) is 10.0. The van der Waals surface area contributed by atoms with Gasteiger partial charge in [0.2, 0.25) is 0 Å². The molecule has 1 atom stereocenters. The molecular formula is C22H27ClN3O3+. The maximum absolute atomic E-state index is 12.7. The van der Waals surface area contributed by atoms with Crippen LogP contribution in [0.5, 0.6) is 11.5 Å². The van der Waals surface area contributed by atoms with Gasteiger partial charge in [0.05, 0.1) is 32.7 Å². The van der Waals surface area contributed by atoms with Crippen LogP contribution in [0.4, 0.5) is 5.69 Å². The molecule has 0 aromatic heterocycles. The Labute approximate surface area is 176 Å². The summed E-state index contributed by atoms with van der Waals surface area (Å²) in [6, 6.07) is 15.6. The zero-order valence-corrected chi connectivity index (χ0v) is 17.4. The number of fused-ring (bicyclic) bond motifs is 1. The summed E-state index contributed by atoms with van der Waals surface area (Å²) in [5.41, 5.74) is 1.15. The van der Waals surface area contributed by atoms with Crippen LogP contribution in [-0.2, 0) is 4.79 Å². The summed E-state index contributed by atoms with van der Waals surface area (Å²) in [5, 5.41) is 0.755. The van der Waals surface area contributed by atoms with E-state index in [9.17, 15) is 4.79 Å². The van der Waals surface area contributed by atoms with Crippen LogP contribution in [0.25, 0.3) is 0 Å². The summed E-state index contributed by atoms with van der Waals surface area (Å²) in [7, 11) is 1.84. The molecule has 7 heteroatoms. The maximum atomic E-state index is 12.7. The van der Waals surface area contributed by atoms with E-state index in [1.54, 1.807) is 4.90 Å². The van der Waals surface area contributed by atoms with Gasteiger partial charge in [0.15, 0.2) is 24.1 Å². The minimum Gasteiger partial charge on any atom is -0.486 e. The number of rotatable bonds is 5. The van der Waals surface area contributed by atoms with Crippen molar-refractivity contribution >= 4 is 23.2 Å². The quantitative estimate of drug-likeness (QED) is 0.799. The number of quaternary nitrogens is 1. The lowest BCUT2D eigenvalue weighted by Gasteiger charge is -2.34. The van der Waals surface area contributed by atoms with Crippen LogP contribution in [0.1, 0.15) is 0 Å². The Morgan fingerprint density at radius 2 is 1.93 bits per heavy atom. The van der Waals surface area contributed by atoms with Crippen LogP contribution in [0.2, 0.25) is 5.02 Å². The third-order valence-corrected chi connectivity index (χ3v) is 5.75. The van der Waals surface area contributed by atoms with Gasteiger partial charge in [-0.1, -0.05) is 29.8 Å².